The molecule has 0 unspecified atom stereocenters. The molecule has 1 aliphatic rings. The van der Waals surface area contributed by atoms with Crippen LogP contribution in [-0.4, -0.2) is 30.5 Å². The Bertz CT molecular complexity index is 1310. The molecule has 0 bridgehead atoms. The number of fused-ring (bicyclic) bond motifs is 1. The second-order valence-corrected chi connectivity index (χ2v) is 10.3. The minimum Gasteiger partial charge on any atom is -0.481 e. The second kappa shape index (κ2) is 11.6. The number of amides is 2. The molecular weight excluding hydrogens is 488 g/mol. The third-order valence-electron chi connectivity index (χ3n) is 6.33. The Kier molecular flexibility index (Phi) is 8.28. The van der Waals surface area contributed by atoms with Crippen molar-refractivity contribution in [1.29, 1.82) is 0 Å². The first-order valence-electron chi connectivity index (χ1n) is 12.5. The van der Waals surface area contributed by atoms with E-state index < -0.39 is 12.1 Å². The number of esters is 1. The number of rotatable bonds is 8. The van der Waals surface area contributed by atoms with Crippen LogP contribution in [0.2, 0.25) is 0 Å². The van der Waals surface area contributed by atoms with E-state index in [2.05, 4.69) is 10.6 Å². The fourth-order valence-electron chi connectivity index (χ4n) is 4.30. The van der Waals surface area contributed by atoms with Crippen LogP contribution in [0.5, 0.6) is 5.75 Å². The highest BCUT2D eigenvalue weighted by Crippen LogP contribution is 2.39. The molecule has 4 rings (SSSR count). The molecule has 0 fully saturated rings. The van der Waals surface area contributed by atoms with Crippen molar-refractivity contribution >= 4 is 39.8 Å². The van der Waals surface area contributed by atoms with E-state index >= 15 is 0 Å². The van der Waals surface area contributed by atoms with E-state index in [1.165, 1.54) is 11.3 Å². The molecule has 7 nitrogen and oxygen atoms in total. The van der Waals surface area contributed by atoms with Gasteiger partial charge in [0.25, 0.3) is 11.8 Å². The SMILES string of the molecule is CCOC(=O)c1c(NC(=O)c2ccc(O[C@H](C)C(=O)Nc3cc(C)ccc3C)cc2)sc2c1CCCC2. The fraction of sp³-hybridized carbons (Fsp3) is 0.345. The molecule has 0 saturated heterocycles. The van der Waals surface area contributed by atoms with Crippen LogP contribution in [0.4, 0.5) is 10.7 Å². The van der Waals surface area contributed by atoms with E-state index in [0.717, 1.165) is 52.9 Å². The van der Waals surface area contributed by atoms with Crippen molar-refractivity contribution in [3.63, 3.8) is 0 Å². The molecule has 0 radical (unpaired) electrons. The Labute approximate surface area is 221 Å². The predicted molar refractivity (Wildman–Crippen MR) is 146 cm³/mol. The number of aryl methyl sites for hydroxylation is 3. The van der Waals surface area contributed by atoms with Gasteiger partial charge in [0.05, 0.1) is 12.2 Å². The van der Waals surface area contributed by atoms with Crippen LogP contribution in [0.25, 0.3) is 0 Å². The molecule has 194 valence electrons. The summed E-state index contributed by atoms with van der Waals surface area (Å²) < 4.78 is 11.1. The summed E-state index contributed by atoms with van der Waals surface area (Å²) in [5.74, 6) is -0.506. The fourth-order valence-corrected chi connectivity index (χ4v) is 5.57. The molecule has 2 N–H and O–H groups in total. The summed E-state index contributed by atoms with van der Waals surface area (Å²) in [6.07, 6.45) is 3.09. The van der Waals surface area contributed by atoms with Crippen LogP contribution >= 0.6 is 11.3 Å². The average Bonchev–Trinajstić information content (AvgIpc) is 3.24. The Morgan fingerprint density at radius 1 is 1.00 bits per heavy atom. The van der Waals surface area contributed by atoms with Crippen LogP contribution in [-0.2, 0) is 22.4 Å². The highest BCUT2D eigenvalue weighted by Gasteiger charge is 2.27. The number of carbonyl (C=O) groups is 3. The number of anilines is 2. The largest absolute Gasteiger partial charge is 0.481 e. The first kappa shape index (κ1) is 26.4. The lowest BCUT2D eigenvalue weighted by atomic mass is 9.95. The molecule has 1 aromatic heterocycles. The zero-order chi connectivity index (χ0) is 26.5. The lowest BCUT2D eigenvalue weighted by molar-refractivity contribution is -0.122. The lowest BCUT2D eigenvalue weighted by Crippen LogP contribution is -2.30. The van der Waals surface area contributed by atoms with Gasteiger partial charge in [-0.1, -0.05) is 12.1 Å². The minimum absolute atomic E-state index is 0.260. The zero-order valence-electron chi connectivity index (χ0n) is 21.6. The van der Waals surface area contributed by atoms with E-state index in [-0.39, 0.29) is 18.4 Å². The monoisotopic (exact) mass is 520 g/mol. The van der Waals surface area contributed by atoms with Crippen molar-refractivity contribution < 1.29 is 23.9 Å². The van der Waals surface area contributed by atoms with Crippen LogP contribution in [0.3, 0.4) is 0 Å². The van der Waals surface area contributed by atoms with Gasteiger partial charge in [-0.25, -0.2) is 4.79 Å². The minimum atomic E-state index is -0.732. The molecule has 37 heavy (non-hydrogen) atoms. The Hall–Kier alpha value is -3.65. The molecule has 0 saturated carbocycles. The number of nitrogens with one attached hydrogen (secondary N) is 2. The van der Waals surface area contributed by atoms with Gasteiger partial charge < -0.3 is 20.1 Å². The highest BCUT2D eigenvalue weighted by atomic mass is 32.1. The van der Waals surface area contributed by atoms with E-state index in [4.69, 9.17) is 9.47 Å². The third-order valence-corrected chi connectivity index (χ3v) is 7.53. The van der Waals surface area contributed by atoms with Gasteiger partial charge in [0, 0.05) is 16.1 Å². The van der Waals surface area contributed by atoms with Gasteiger partial charge in [-0.3, -0.25) is 9.59 Å². The van der Waals surface area contributed by atoms with Gasteiger partial charge in [0.1, 0.15) is 10.8 Å². The van der Waals surface area contributed by atoms with E-state index in [1.807, 2.05) is 32.0 Å². The van der Waals surface area contributed by atoms with Gasteiger partial charge >= 0.3 is 5.97 Å². The van der Waals surface area contributed by atoms with Gasteiger partial charge in [0.15, 0.2) is 6.10 Å². The molecule has 2 aromatic carbocycles. The number of ether oxygens (including phenoxy) is 2. The summed E-state index contributed by atoms with van der Waals surface area (Å²) in [5, 5.41) is 6.35. The van der Waals surface area contributed by atoms with E-state index in [0.29, 0.717) is 21.9 Å². The van der Waals surface area contributed by atoms with Crippen molar-refractivity contribution in [3.8, 4) is 5.75 Å². The maximum Gasteiger partial charge on any atom is 0.341 e. The number of hydrogen-bond acceptors (Lipinski definition) is 6. The van der Waals surface area contributed by atoms with E-state index in [9.17, 15) is 14.4 Å². The lowest BCUT2D eigenvalue weighted by Gasteiger charge is -2.16. The molecule has 0 spiro atoms. The highest BCUT2D eigenvalue weighted by molar-refractivity contribution is 7.17. The molecule has 1 aliphatic carbocycles. The van der Waals surface area contributed by atoms with Crippen LogP contribution in [0.1, 0.15) is 69.0 Å². The van der Waals surface area contributed by atoms with Crippen LogP contribution in [0.15, 0.2) is 42.5 Å². The van der Waals surface area contributed by atoms with Crippen molar-refractivity contribution in [2.45, 2.75) is 59.5 Å². The maximum atomic E-state index is 13.0. The quantitative estimate of drug-likeness (QED) is 0.351. The molecule has 8 heteroatoms. The smallest absolute Gasteiger partial charge is 0.341 e. The topological polar surface area (TPSA) is 93.7 Å². The Morgan fingerprint density at radius 2 is 1.73 bits per heavy atom. The van der Waals surface area contributed by atoms with Gasteiger partial charge in [0.2, 0.25) is 0 Å². The standard InChI is InChI=1S/C29H32N2O5S/c1-5-35-29(34)25-22-8-6-7-9-24(22)37-28(25)31-27(33)20-12-14-21(15-13-20)36-19(4)26(32)30-23-16-17(2)10-11-18(23)3/h10-16,19H,5-9H2,1-4H3,(H,30,32)(H,31,33)/t19-/m1/s1. The zero-order valence-corrected chi connectivity index (χ0v) is 22.4. The number of benzene rings is 2. The first-order chi connectivity index (χ1) is 17.8. The molecule has 3 aromatic rings. The van der Waals surface area contributed by atoms with Gasteiger partial charge in [-0.2, -0.15) is 0 Å². The van der Waals surface area contributed by atoms with Crippen LogP contribution in [0, 0.1) is 13.8 Å². The van der Waals surface area contributed by atoms with Gasteiger partial charge in [-0.05, 0) is 100 Å². The summed E-state index contributed by atoms with van der Waals surface area (Å²) in [7, 11) is 0. The van der Waals surface area contributed by atoms with Crippen molar-refractivity contribution in [2.24, 2.45) is 0 Å². The Morgan fingerprint density at radius 3 is 2.46 bits per heavy atom. The molecule has 1 heterocycles. The molecule has 1 atom stereocenters. The summed E-state index contributed by atoms with van der Waals surface area (Å²) in [4.78, 5) is 39.4. The number of thiophene rings is 1. The molecule has 2 amide bonds. The molecular formula is C29H32N2O5S. The summed E-state index contributed by atoms with van der Waals surface area (Å²) in [6.45, 7) is 7.63. The summed E-state index contributed by atoms with van der Waals surface area (Å²) in [6, 6.07) is 12.5. The maximum absolute atomic E-state index is 13.0. The average molecular weight is 521 g/mol. The number of carbonyl (C=O) groups excluding carboxylic acids is 3. The predicted octanol–water partition coefficient (Wildman–Crippen LogP) is 6.08. The Balaban J connectivity index is 1.42. The van der Waals surface area contributed by atoms with Crippen molar-refractivity contribution in [3.05, 3.63) is 75.2 Å². The third kappa shape index (κ3) is 6.20. The van der Waals surface area contributed by atoms with Crippen molar-refractivity contribution in [2.75, 3.05) is 17.2 Å². The van der Waals surface area contributed by atoms with Crippen LogP contribution < -0.4 is 15.4 Å². The van der Waals surface area contributed by atoms with E-state index in [1.54, 1.807) is 38.1 Å². The normalized spacial score (nSPS) is 13.3. The van der Waals surface area contributed by atoms with Crippen molar-refractivity contribution in [1.82, 2.24) is 0 Å². The summed E-state index contributed by atoms with van der Waals surface area (Å²) in [5.41, 5.74) is 4.69. The molecule has 0 aliphatic heterocycles. The second-order valence-electron chi connectivity index (χ2n) is 9.18. The number of hydrogen-bond donors (Lipinski definition) is 2. The summed E-state index contributed by atoms with van der Waals surface area (Å²) >= 11 is 1.45. The first-order valence-corrected chi connectivity index (χ1v) is 13.4. The van der Waals surface area contributed by atoms with Gasteiger partial charge in [-0.15, -0.1) is 11.3 Å².